The smallest absolute Gasteiger partial charge is 0.146 e. The van der Waals surface area contributed by atoms with E-state index >= 15 is 0 Å². The Morgan fingerprint density at radius 2 is 2.36 bits per heavy atom. The normalized spacial score (nSPS) is 18.4. The van der Waals surface area contributed by atoms with E-state index in [2.05, 4.69) is 15.5 Å². The lowest BCUT2D eigenvalue weighted by Crippen LogP contribution is -2.14. The molecule has 0 spiro atoms. The Labute approximate surface area is 87.7 Å². The number of rotatable bonds is 5. The van der Waals surface area contributed by atoms with E-state index in [-0.39, 0.29) is 6.10 Å². The molecular formula is C9H15N3OS. The first-order valence-electron chi connectivity index (χ1n) is 4.88. The highest BCUT2D eigenvalue weighted by molar-refractivity contribution is 7.11. The van der Waals surface area contributed by atoms with Crippen LogP contribution in [0, 0.1) is 0 Å². The SMILES string of the molecule is COC(C)c1nnc(CNC2CC2)s1. The van der Waals surface area contributed by atoms with Gasteiger partial charge in [0.15, 0.2) is 0 Å². The van der Waals surface area contributed by atoms with Crippen LogP contribution >= 0.6 is 11.3 Å². The first-order chi connectivity index (χ1) is 6.79. The Balaban J connectivity index is 1.87. The Morgan fingerprint density at radius 3 is 3.00 bits per heavy atom. The molecule has 14 heavy (non-hydrogen) atoms. The van der Waals surface area contributed by atoms with Crippen molar-refractivity contribution >= 4 is 11.3 Å². The van der Waals surface area contributed by atoms with E-state index < -0.39 is 0 Å². The molecular weight excluding hydrogens is 198 g/mol. The molecule has 2 rings (SSSR count). The molecule has 0 amide bonds. The van der Waals surface area contributed by atoms with E-state index in [9.17, 15) is 0 Å². The van der Waals surface area contributed by atoms with Gasteiger partial charge in [-0.3, -0.25) is 0 Å². The minimum Gasteiger partial charge on any atom is -0.374 e. The van der Waals surface area contributed by atoms with Crippen LogP contribution in [0.15, 0.2) is 0 Å². The van der Waals surface area contributed by atoms with Gasteiger partial charge >= 0.3 is 0 Å². The van der Waals surface area contributed by atoms with Gasteiger partial charge in [-0.25, -0.2) is 0 Å². The Kier molecular flexibility index (Phi) is 3.10. The van der Waals surface area contributed by atoms with Crippen molar-refractivity contribution in [3.05, 3.63) is 10.0 Å². The van der Waals surface area contributed by atoms with Crippen molar-refractivity contribution < 1.29 is 4.74 Å². The Morgan fingerprint density at radius 1 is 1.57 bits per heavy atom. The fraction of sp³-hybridized carbons (Fsp3) is 0.778. The Bertz CT molecular complexity index is 298. The molecule has 0 radical (unpaired) electrons. The van der Waals surface area contributed by atoms with Crippen LogP contribution < -0.4 is 5.32 Å². The molecule has 1 heterocycles. The van der Waals surface area contributed by atoms with Gasteiger partial charge in [-0.1, -0.05) is 11.3 Å². The zero-order valence-corrected chi connectivity index (χ0v) is 9.30. The van der Waals surface area contributed by atoms with Crippen molar-refractivity contribution in [1.29, 1.82) is 0 Å². The number of aromatic nitrogens is 2. The molecule has 1 saturated carbocycles. The zero-order chi connectivity index (χ0) is 9.97. The number of ether oxygens (including phenoxy) is 1. The van der Waals surface area contributed by atoms with Crippen molar-refractivity contribution in [2.24, 2.45) is 0 Å². The van der Waals surface area contributed by atoms with Crippen LogP contribution in [0.2, 0.25) is 0 Å². The summed E-state index contributed by atoms with van der Waals surface area (Å²) in [6, 6.07) is 0.724. The van der Waals surface area contributed by atoms with Gasteiger partial charge in [0.05, 0.1) is 0 Å². The highest BCUT2D eigenvalue weighted by Crippen LogP contribution is 2.22. The molecule has 0 aromatic carbocycles. The first-order valence-corrected chi connectivity index (χ1v) is 5.69. The van der Waals surface area contributed by atoms with Gasteiger partial charge in [0.2, 0.25) is 0 Å². The van der Waals surface area contributed by atoms with Gasteiger partial charge in [0.1, 0.15) is 16.1 Å². The fourth-order valence-electron chi connectivity index (χ4n) is 1.12. The summed E-state index contributed by atoms with van der Waals surface area (Å²) in [4.78, 5) is 0. The molecule has 1 aromatic rings. The molecule has 1 aromatic heterocycles. The second kappa shape index (κ2) is 4.33. The van der Waals surface area contributed by atoms with E-state index in [4.69, 9.17) is 4.74 Å². The molecule has 5 heteroatoms. The van der Waals surface area contributed by atoms with Crippen LogP contribution in [-0.2, 0) is 11.3 Å². The molecule has 1 atom stereocenters. The van der Waals surface area contributed by atoms with Gasteiger partial charge in [-0.05, 0) is 19.8 Å². The second-order valence-corrected chi connectivity index (χ2v) is 4.66. The van der Waals surface area contributed by atoms with Crippen LogP contribution in [-0.4, -0.2) is 23.3 Å². The van der Waals surface area contributed by atoms with Gasteiger partial charge in [0.25, 0.3) is 0 Å². The fourth-order valence-corrected chi connectivity index (χ4v) is 1.94. The average molecular weight is 213 g/mol. The largest absolute Gasteiger partial charge is 0.374 e. The second-order valence-electron chi connectivity index (χ2n) is 3.57. The van der Waals surface area contributed by atoms with Gasteiger partial charge < -0.3 is 10.1 Å². The van der Waals surface area contributed by atoms with Crippen molar-refractivity contribution in [2.75, 3.05) is 7.11 Å². The molecule has 0 aliphatic heterocycles. The summed E-state index contributed by atoms with van der Waals surface area (Å²) in [5.41, 5.74) is 0. The number of hydrogen-bond donors (Lipinski definition) is 1. The van der Waals surface area contributed by atoms with Crippen molar-refractivity contribution in [2.45, 2.75) is 38.5 Å². The lowest BCUT2D eigenvalue weighted by atomic mass is 10.4. The molecule has 78 valence electrons. The van der Waals surface area contributed by atoms with E-state index in [1.807, 2.05) is 6.92 Å². The summed E-state index contributed by atoms with van der Waals surface area (Å²) in [5, 5.41) is 13.6. The predicted molar refractivity (Wildman–Crippen MR) is 55.2 cm³/mol. The standard InChI is InChI=1S/C9H15N3OS/c1-6(13-2)9-12-11-8(14-9)5-10-7-3-4-7/h6-7,10H,3-5H2,1-2H3. The topological polar surface area (TPSA) is 47.0 Å². The van der Waals surface area contributed by atoms with Gasteiger partial charge in [-0.15, -0.1) is 10.2 Å². The summed E-state index contributed by atoms with van der Waals surface area (Å²) in [6.07, 6.45) is 2.67. The van der Waals surface area contributed by atoms with Crippen LogP contribution in [0.3, 0.4) is 0 Å². The van der Waals surface area contributed by atoms with Gasteiger partial charge in [0, 0.05) is 19.7 Å². The van der Waals surface area contributed by atoms with Crippen molar-refractivity contribution in [3.63, 3.8) is 0 Å². The van der Waals surface area contributed by atoms with Crippen molar-refractivity contribution in [1.82, 2.24) is 15.5 Å². The van der Waals surface area contributed by atoms with Gasteiger partial charge in [-0.2, -0.15) is 0 Å². The van der Waals surface area contributed by atoms with Crippen LogP contribution in [0.5, 0.6) is 0 Å². The maximum Gasteiger partial charge on any atom is 0.146 e. The summed E-state index contributed by atoms with van der Waals surface area (Å²) >= 11 is 1.63. The van der Waals surface area contributed by atoms with E-state index in [0.29, 0.717) is 0 Å². The molecule has 1 aliphatic carbocycles. The highest BCUT2D eigenvalue weighted by Gasteiger charge is 2.21. The lowest BCUT2D eigenvalue weighted by molar-refractivity contribution is 0.118. The lowest BCUT2D eigenvalue weighted by Gasteiger charge is -2.02. The number of hydrogen-bond acceptors (Lipinski definition) is 5. The van der Waals surface area contributed by atoms with Crippen LogP contribution in [0.1, 0.15) is 35.9 Å². The quantitative estimate of drug-likeness (QED) is 0.805. The minimum absolute atomic E-state index is 0.0576. The minimum atomic E-state index is 0.0576. The van der Waals surface area contributed by atoms with Crippen LogP contribution in [0.4, 0.5) is 0 Å². The zero-order valence-electron chi connectivity index (χ0n) is 8.49. The van der Waals surface area contributed by atoms with E-state index in [1.54, 1.807) is 18.4 Å². The third-order valence-corrected chi connectivity index (χ3v) is 3.39. The molecule has 1 aliphatic rings. The third-order valence-electron chi connectivity index (χ3n) is 2.30. The molecule has 0 saturated heterocycles. The van der Waals surface area contributed by atoms with Crippen LogP contribution in [0.25, 0.3) is 0 Å². The van der Waals surface area contributed by atoms with Crippen molar-refractivity contribution in [3.8, 4) is 0 Å². The summed E-state index contributed by atoms with van der Waals surface area (Å²) in [6.45, 7) is 2.83. The summed E-state index contributed by atoms with van der Waals surface area (Å²) in [7, 11) is 1.69. The number of methoxy groups -OCH3 is 1. The Hall–Kier alpha value is -0.520. The highest BCUT2D eigenvalue weighted by atomic mass is 32.1. The third kappa shape index (κ3) is 2.50. The number of nitrogens with one attached hydrogen (secondary N) is 1. The maximum atomic E-state index is 5.17. The van der Waals surface area contributed by atoms with E-state index in [1.165, 1.54) is 12.8 Å². The monoisotopic (exact) mass is 213 g/mol. The maximum absolute atomic E-state index is 5.17. The average Bonchev–Trinajstić information content (AvgIpc) is 2.92. The number of nitrogens with zero attached hydrogens (tertiary/aromatic N) is 2. The molecule has 1 unspecified atom stereocenters. The summed E-state index contributed by atoms with van der Waals surface area (Å²) < 4.78 is 5.17. The molecule has 1 N–H and O–H groups in total. The predicted octanol–water partition coefficient (Wildman–Crippen LogP) is 1.50. The molecule has 0 bridgehead atoms. The molecule has 1 fully saturated rings. The first kappa shape index (κ1) is 10.0. The van der Waals surface area contributed by atoms with E-state index in [0.717, 1.165) is 22.6 Å². The summed E-state index contributed by atoms with van der Waals surface area (Å²) in [5.74, 6) is 0. The molecule has 4 nitrogen and oxygen atoms in total.